The van der Waals surface area contributed by atoms with Crippen LogP contribution in [0.5, 0.6) is 0 Å². The van der Waals surface area contributed by atoms with Gasteiger partial charge in [0.2, 0.25) is 11.4 Å². The highest BCUT2D eigenvalue weighted by atomic mass is 16.4. The average Bonchev–Trinajstić information content (AvgIpc) is 2.57. The highest BCUT2D eigenvalue weighted by molar-refractivity contribution is 6.01. The Bertz CT molecular complexity index is 869. The van der Waals surface area contributed by atoms with Crippen LogP contribution >= 0.6 is 0 Å². The molecule has 5 heteroatoms. The minimum absolute atomic E-state index is 0.0803. The third-order valence-electron chi connectivity index (χ3n) is 4.29. The summed E-state index contributed by atoms with van der Waals surface area (Å²) in [4.78, 5) is 23.1. The third kappa shape index (κ3) is 3.06. The Labute approximate surface area is 140 Å². The van der Waals surface area contributed by atoms with Gasteiger partial charge in [-0.1, -0.05) is 16.8 Å². The first-order valence-electron chi connectivity index (χ1n) is 7.82. The van der Waals surface area contributed by atoms with Gasteiger partial charge in [0, 0.05) is 30.5 Å². The number of hydrogen-bond acceptors (Lipinski definition) is 2. The maximum absolute atomic E-state index is 11.9. The van der Waals surface area contributed by atoms with Crippen molar-refractivity contribution in [1.82, 2.24) is 5.43 Å². The molecule has 1 aliphatic rings. The fraction of sp³-hybridized carbons (Fsp3) is 0.211. The van der Waals surface area contributed by atoms with E-state index in [2.05, 4.69) is 31.4 Å². The second-order valence-electron chi connectivity index (χ2n) is 5.97. The lowest BCUT2D eigenvalue weighted by atomic mass is 9.99. The van der Waals surface area contributed by atoms with Crippen molar-refractivity contribution in [3.8, 4) is 0 Å². The Morgan fingerprint density at radius 2 is 1.88 bits per heavy atom. The first kappa shape index (κ1) is 15.9. The van der Waals surface area contributed by atoms with Crippen molar-refractivity contribution >= 4 is 23.3 Å². The van der Waals surface area contributed by atoms with E-state index in [0.29, 0.717) is 18.5 Å². The highest BCUT2D eigenvalue weighted by Crippen LogP contribution is 2.21. The molecule has 2 N–H and O–H groups in total. The maximum atomic E-state index is 11.9. The molecule has 0 saturated heterocycles. The van der Waals surface area contributed by atoms with Gasteiger partial charge in [-0.05, 0) is 43.2 Å². The van der Waals surface area contributed by atoms with Gasteiger partial charge in [-0.25, -0.2) is 4.79 Å². The lowest BCUT2D eigenvalue weighted by molar-refractivity contribution is -0.496. The minimum Gasteiger partial charge on any atom is -0.478 e. The van der Waals surface area contributed by atoms with Gasteiger partial charge in [0.1, 0.15) is 0 Å². The van der Waals surface area contributed by atoms with Gasteiger partial charge in [0.25, 0.3) is 5.91 Å². The summed E-state index contributed by atoms with van der Waals surface area (Å²) in [5, 5.41) is 9.20. The van der Waals surface area contributed by atoms with E-state index in [9.17, 15) is 14.7 Å². The summed E-state index contributed by atoms with van der Waals surface area (Å²) < 4.78 is 1.70. The number of hydrazone groups is 1. The number of carboxylic acid groups (broad SMARTS) is 1. The minimum atomic E-state index is -0.993. The Balaban J connectivity index is 2.16. The molecule has 1 heterocycles. The molecule has 2 aromatic carbocycles. The zero-order valence-corrected chi connectivity index (χ0v) is 13.7. The standard InChI is InChI=1S/C19H18N2O3/c1-12-6-7-14(10-13(12)2)17-8-9-18(22)20-21(17)16-5-3-4-15(11-16)19(23)24/h3-7,10-11H,8-9H2,1-2H3,(H-,20,22,23,24)/p+1. The molecular formula is C19H19N2O3+. The molecule has 0 bridgehead atoms. The lowest BCUT2D eigenvalue weighted by Crippen LogP contribution is -2.41. The van der Waals surface area contributed by atoms with Gasteiger partial charge in [-0.3, -0.25) is 4.79 Å². The Kier molecular flexibility index (Phi) is 4.16. The Morgan fingerprint density at radius 1 is 1.08 bits per heavy atom. The van der Waals surface area contributed by atoms with Gasteiger partial charge in [0.05, 0.1) is 5.56 Å². The number of aryl methyl sites for hydroxylation is 2. The summed E-state index contributed by atoms with van der Waals surface area (Å²) in [6, 6.07) is 12.7. The summed E-state index contributed by atoms with van der Waals surface area (Å²) in [5.74, 6) is -1.07. The lowest BCUT2D eigenvalue weighted by Gasteiger charge is -2.15. The first-order valence-corrected chi connectivity index (χ1v) is 7.82. The zero-order valence-electron chi connectivity index (χ0n) is 13.7. The number of aromatic carboxylic acids is 1. The van der Waals surface area contributed by atoms with E-state index in [1.807, 2.05) is 6.07 Å². The fourth-order valence-electron chi connectivity index (χ4n) is 2.78. The molecule has 0 atom stereocenters. The molecule has 5 nitrogen and oxygen atoms in total. The topological polar surface area (TPSA) is 69.4 Å². The molecule has 122 valence electrons. The Hall–Kier alpha value is -2.95. The number of hydrazine groups is 1. The van der Waals surface area contributed by atoms with Crippen LogP contribution in [-0.4, -0.2) is 27.4 Å². The summed E-state index contributed by atoms with van der Waals surface area (Å²) in [5.41, 5.74) is 8.04. The van der Waals surface area contributed by atoms with Crippen LogP contribution in [0, 0.1) is 13.8 Å². The van der Waals surface area contributed by atoms with Crippen LogP contribution in [0.3, 0.4) is 0 Å². The number of nitrogens with zero attached hydrogens (tertiary/aromatic N) is 1. The molecule has 2 aromatic rings. The number of carbonyl (C=O) groups is 2. The average molecular weight is 323 g/mol. The van der Waals surface area contributed by atoms with Crippen molar-refractivity contribution in [1.29, 1.82) is 0 Å². The maximum Gasteiger partial charge on any atom is 0.335 e. The quantitative estimate of drug-likeness (QED) is 0.853. The van der Waals surface area contributed by atoms with Crippen LogP contribution < -0.4 is 5.43 Å². The second-order valence-corrected chi connectivity index (χ2v) is 5.97. The van der Waals surface area contributed by atoms with Gasteiger partial charge in [-0.15, -0.1) is 5.43 Å². The third-order valence-corrected chi connectivity index (χ3v) is 4.29. The zero-order chi connectivity index (χ0) is 17.3. The number of hydrogen-bond donors (Lipinski definition) is 2. The molecule has 0 aliphatic carbocycles. The highest BCUT2D eigenvalue weighted by Gasteiger charge is 2.29. The van der Waals surface area contributed by atoms with Gasteiger partial charge in [0.15, 0.2) is 0 Å². The van der Waals surface area contributed by atoms with E-state index in [0.717, 1.165) is 11.3 Å². The van der Waals surface area contributed by atoms with Crippen LogP contribution in [0.4, 0.5) is 5.69 Å². The van der Waals surface area contributed by atoms with E-state index < -0.39 is 5.97 Å². The molecular weight excluding hydrogens is 304 g/mol. The molecule has 1 aliphatic heterocycles. The smallest absolute Gasteiger partial charge is 0.335 e. The number of carbonyl (C=O) groups excluding carboxylic acids is 1. The fourth-order valence-corrected chi connectivity index (χ4v) is 2.78. The summed E-state index contributed by atoms with van der Waals surface area (Å²) in [7, 11) is 0. The molecule has 1 amide bonds. The van der Waals surface area contributed by atoms with Crippen molar-refractivity contribution in [2.45, 2.75) is 26.7 Å². The molecule has 3 rings (SSSR count). The van der Waals surface area contributed by atoms with Crippen LogP contribution in [0.25, 0.3) is 0 Å². The first-order chi connectivity index (χ1) is 11.5. The summed E-state index contributed by atoms with van der Waals surface area (Å²) in [6.45, 7) is 4.11. The number of nitrogens with one attached hydrogen (secondary N) is 1. The second kappa shape index (κ2) is 6.28. The van der Waals surface area contributed by atoms with E-state index in [4.69, 9.17) is 0 Å². The molecule has 0 aromatic heterocycles. The summed E-state index contributed by atoms with van der Waals surface area (Å²) in [6.07, 6.45) is 1.02. The van der Waals surface area contributed by atoms with E-state index in [1.165, 1.54) is 17.2 Å². The van der Waals surface area contributed by atoms with E-state index >= 15 is 0 Å². The molecule has 0 spiro atoms. The number of rotatable bonds is 3. The van der Waals surface area contributed by atoms with Gasteiger partial charge < -0.3 is 5.11 Å². The molecule has 0 radical (unpaired) electrons. The van der Waals surface area contributed by atoms with Crippen molar-refractivity contribution in [3.63, 3.8) is 0 Å². The van der Waals surface area contributed by atoms with Gasteiger partial charge in [-0.2, -0.15) is 0 Å². The summed E-state index contributed by atoms with van der Waals surface area (Å²) >= 11 is 0. The number of amides is 1. The molecule has 24 heavy (non-hydrogen) atoms. The van der Waals surface area contributed by atoms with Crippen LogP contribution in [0.1, 0.15) is 39.9 Å². The largest absolute Gasteiger partial charge is 0.478 e. The molecule has 0 saturated carbocycles. The molecule has 0 unspecified atom stereocenters. The predicted molar refractivity (Wildman–Crippen MR) is 90.7 cm³/mol. The normalized spacial score (nSPS) is 14.5. The molecule has 0 fully saturated rings. The van der Waals surface area contributed by atoms with Crippen molar-refractivity contribution in [2.75, 3.05) is 0 Å². The predicted octanol–water partition coefficient (Wildman–Crippen LogP) is 2.96. The van der Waals surface area contributed by atoms with Crippen LogP contribution in [0.15, 0.2) is 42.5 Å². The van der Waals surface area contributed by atoms with E-state index in [-0.39, 0.29) is 11.5 Å². The number of benzene rings is 2. The van der Waals surface area contributed by atoms with Crippen molar-refractivity contribution < 1.29 is 19.4 Å². The monoisotopic (exact) mass is 323 g/mol. The number of carboxylic acids is 1. The van der Waals surface area contributed by atoms with Crippen LogP contribution in [-0.2, 0) is 4.79 Å². The van der Waals surface area contributed by atoms with Crippen molar-refractivity contribution in [2.24, 2.45) is 0 Å². The Morgan fingerprint density at radius 3 is 2.58 bits per heavy atom. The van der Waals surface area contributed by atoms with Crippen molar-refractivity contribution in [3.05, 3.63) is 64.7 Å². The SMILES string of the molecule is Cc1ccc(C2=[N+](c3cccc(C(=O)O)c3)NC(=O)CC2)cc1C. The van der Waals surface area contributed by atoms with Gasteiger partial charge >= 0.3 is 5.97 Å². The van der Waals surface area contributed by atoms with Crippen LogP contribution in [0.2, 0.25) is 0 Å². The van der Waals surface area contributed by atoms with E-state index in [1.54, 1.807) is 22.9 Å².